The first kappa shape index (κ1) is 9.32. The molecule has 1 heteroatoms. The minimum atomic E-state index is 1.22. The van der Waals surface area contributed by atoms with E-state index in [9.17, 15) is 0 Å². The van der Waals surface area contributed by atoms with Crippen molar-refractivity contribution in [3.05, 3.63) is 41.6 Å². The van der Waals surface area contributed by atoms with Gasteiger partial charge < -0.3 is 4.90 Å². The molecule has 1 aliphatic heterocycles. The van der Waals surface area contributed by atoms with Crippen molar-refractivity contribution < 1.29 is 0 Å². The molecule has 0 aromatic heterocycles. The summed E-state index contributed by atoms with van der Waals surface area (Å²) in [6.45, 7) is 4.61. The number of nitrogens with zero attached hydrogens (tertiary/aromatic N) is 1. The van der Waals surface area contributed by atoms with Gasteiger partial charge in [-0.3, -0.25) is 0 Å². The maximum atomic E-state index is 2.40. The van der Waals surface area contributed by atoms with Crippen LogP contribution in [0.5, 0.6) is 0 Å². The number of likely N-dealkylation sites (tertiary alicyclic amines) is 1. The van der Waals surface area contributed by atoms with Gasteiger partial charge in [-0.25, -0.2) is 0 Å². The first-order chi connectivity index (χ1) is 6.86. The van der Waals surface area contributed by atoms with Gasteiger partial charge in [0.2, 0.25) is 0 Å². The first-order valence-electron chi connectivity index (χ1n) is 5.34. The second-order valence-electron chi connectivity index (χ2n) is 3.92. The number of aryl methyl sites for hydroxylation is 1. The van der Waals surface area contributed by atoms with Crippen LogP contribution in [0.4, 0.5) is 0 Å². The van der Waals surface area contributed by atoms with Crippen LogP contribution in [0, 0.1) is 6.92 Å². The molecular formula is C13H17N. The van der Waals surface area contributed by atoms with Crippen LogP contribution in [0.25, 0.3) is 6.08 Å². The highest BCUT2D eigenvalue weighted by Crippen LogP contribution is 2.12. The van der Waals surface area contributed by atoms with Crippen molar-refractivity contribution in [1.82, 2.24) is 4.90 Å². The molecule has 0 radical (unpaired) electrons. The zero-order chi connectivity index (χ0) is 9.80. The quantitative estimate of drug-likeness (QED) is 0.687. The van der Waals surface area contributed by atoms with Crippen LogP contribution in [0.15, 0.2) is 30.5 Å². The monoisotopic (exact) mass is 187 g/mol. The van der Waals surface area contributed by atoms with E-state index in [0.717, 1.165) is 0 Å². The van der Waals surface area contributed by atoms with E-state index in [4.69, 9.17) is 0 Å². The highest BCUT2D eigenvalue weighted by atomic mass is 15.1. The van der Waals surface area contributed by atoms with Crippen LogP contribution in [-0.4, -0.2) is 18.0 Å². The van der Waals surface area contributed by atoms with E-state index in [-0.39, 0.29) is 0 Å². The lowest BCUT2D eigenvalue weighted by atomic mass is 10.1. The Bertz CT molecular complexity index is 322. The minimum Gasteiger partial charge on any atom is -0.377 e. The predicted octanol–water partition coefficient (Wildman–Crippen LogP) is 3.06. The fourth-order valence-corrected chi connectivity index (χ4v) is 1.85. The van der Waals surface area contributed by atoms with Crippen LogP contribution >= 0.6 is 0 Å². The number of hydrogen-bond donors (Lipinski definition) is 0. The summed E-state index contributed by atoms with van der Waals surface area (Å²) < 4.78 is 0. The number of benzene rings is 1. The molecule has 0 spiro atoms. The van der Waals surface area contributed by atoms with Crippen LogP contribution < -0.4 is 0 Å². The third-order valence-electron chi connectivity index (χ3n) is 2.79. The van der Waals surface area contributed by atoms with E-state index in [0.29, 0.717) is 0 Å². The Labute approximate surface area is 86.1 Å². The summed E-state index contributed by atoms with van der Waals surface area (Å²) in [5.41, 5.74) is 2.68. The Morgan fingerprint density at radius 1 is 1.14 bits per heavy atom. The highest BCUT2D eigenvalue weighted by molar-refractivity contribution is 5.52. The Morgan fingerprint density at radius 3 is 2.57 bits per heavy atom. The van der Waals surface area contributed by atoms with Crippen molar-refractivity contribution in [2.75, 3.05) is 13.1 Å². The first-order valence-corrected chi connectivity index (χ1v) is 5.34. The third-order valence-corrected chi connectivity index (χ3v) is 2.79. The molecule has 0 amide bonds. The van der Waals surface area contributed by atoms with E-state index in [1.807, 2.05) is 0 Å². The molecule has 0 atom stereocenters. The lowest BCUT2D eigenvalue weighted by Gasteiger charge is -2.10. The Hall–Kier alpha value is -1.24. The topological polar surface area (TPSA) is 3.24 Å². The molecule has 0 unspecified atom stereocenters. The van der Waals surface area contributed by atoms with Crippen molar-refractivity contribution >= 4 is 6.08 Å². The molecule has 1 saturated heterocycles. The maximum Gasteiger partial charge on any atom is 0.0173 e. The van der Waals surface area contributed by atoms with Crippen molar-refractivity contribution in [2.24, 2.45) is 0 Å². The Balaban J connectivity index is 2.06. The van der Waals surface area contributed by atoms with Crippen LogP contribution in [0.3, 0.4) is 0 Å². The second-order valence-corrected chi connectivity index (χ2v) is 3.92. The Morgan fingerprint density at radius 2 is 1.86 bits per heavy atom. The van der Waals surface area contributed by atoms with Crippen LogP contribution in [0.1, 0.15) is 24.0 Å². The summed E-state index contributed by atoms with van der Waals surface area (Å²) >= 11 is 0. The van der Waals surface area contributed by atoms with Gasteiger partial charge in [-0.1, -0.05) is 24.3 Å². The largest absolute Gasteiger partial charge is 0.377 e. The zero-order valence-corrected chi connectivity index (χ0v) is 8.74. The van der Waals surface area contributed by atoms with E-state index in [1.165, 1.54) is 37.1 Å². The summed E-state index contributed by atoms with van der Waals surface area (Å²) in [5.74, 6) is 0. The average molecular weight is 187 g/mol. The van der Waals surface area contributed by atoms with Crippen molar-refractivity contribution in [3.8, 4) is 0 Å². The summed E-state index contributed by atoms with van der Waals surface area (Å²) in [6, 6.07) is 8.50. The number of rotatable bonds is 2. The molecule has 1 fully saturated rings. The van der Waals surface area contributed by atoms with Gasteiger partial charge in [0.1, 0.15) is 0 Å². The average Bonchev–Trinajstić information content (AvgIpc) is 2.69. The van der Waals surface area contributed by atoms with Crippen LogP contribution in [-0.2, 0) is 0 Å². The molecule has 0 N–H and O–H groups in total. The standard InChI is InChI=1S/C13H17N/c1-12-6-2-3-7-13(12)8-11-14-9-4-5-10-14/h2-3,6-8,11H,4-5,9-10H2,1H3. The van der Waals surface area contributed by atoms with E-state index < -0.39 is 0 Å². The van der Waals surface area contributed by atoms with E-state index in [2.05, 4.69) is 48.4 Å². The molecule has 1 heterocycles. The fourth-order valence-electron chi connectivity index (χ4n) is 1.85. The summed E-state index contributed by atoms with van der Waals surface area (Å²) in [7, 11) is 0. The van der Waals surface area contributed by atoms with Crippen molar-refractivity contribution in [2.45, 2.75) is 19.8 Å². The minimum absolute atomic E-state index is 1.22. The molecule has 1 aromatic carbocycles. The van der Waals surface area contributed by atoms with Gasteiger partial charge in [0.25, 0.3) is 0 Å². The highest BCUT2D eigenvalue weighted by Gasteiger charge is 2.05. The van der Waals surface area contributed by atoms with Gasteiger partial charge in [-0.15, -0.1) is 0 Å². The molecule has 14 heavy (non-hydrogen) atoms. The van der Waals surface area contributed by atoms with Gasteiger partial charge in [0, 0.05) is 13.1 Å². The number of hydrogen-bond acceptors (Lipinski definition) is 1. The molecule has 0 bridgehead atoms. The van der Waals surface area contributed by atoms with Gasteiger partial charge in [0.15, 0.2) is 0 Å². The third kappa shape index (κ3) is 2.16. The SMILES string of the molecule is Cc1ccccc1C=CN1CCCC1. The molecule has 1 aromatic rings. The molecule has 1 nitrogen and oxygen atoms in total. The summed E-state index contributed by atoms with van der Waals surface area (Å²) in [5, 5.41) is 0. The van der Waals surface area contributed by atoms with Gasteiger partial charge in [-0.2, -0.15) is 0 Å². The van der Waals surface area contributed by atoms with Crippen molar-refractivity contribution in [3.63, 3.8) is 0 Å². The van der Waals surface area contributed by atoms with Crippen LogP contribution in [0.2, 0.25) is 0 Å². The van der Waals surface area contributed by atoms with Gasteiger partial charge in [-0.05, 0) is 43.2 Å². The maximum absolute atomic E-state index is 2.40. The molecule has 1 aliphatic rings. The summed E-state index contributed by atoms with van der Waals surface area (Å²) in [4.78, 5) is 2.40. The van der Waals surface area contributed by atoms with Gasteiger partial charge in [0.05, 0.1) is 0 Å². The lowest BCUT2D eigenvalue weighted by molar-refractivity contribution is 0.471. The van der Waals surface area contributed by atoms with E-state index >= 15 is 0 Å². The second kappa shape index (κ2) is 4.32. The molecule has 0 saturated carbocycles. The molecule has 74 valence electrons. The molecule has 2 rings (SSSR count). The molecule has 0 aliphatic carbocycles. The van der Waals surface area contributed by atoms with E-state index in [1.54, 1.807) is 0 Å². The van der Waals surface area contributed by atoms with Crippen molar-refractivity contribution in [1.29, 1.82) is 0 Å². The molecular weight excluding hydrogens is 170 g/mol. The fraction of sp³-hybridized carbons (Fsp3) is 0.385. The lowest BCUT2D eigenvalue weighted by Crippen LogP contribution is -2.09. The Kier molecular flexibility index (Phi) is 2.87. The summed E-state index contributed by atoms with van der Waals surface area (Å²) in [6.07, 6.45) is 7.15. The normalized spacial score (nSPS) is 16.8. The zero-order valence-electron chi connectivity index (χ0n) is 8.74. The predicted molar refractivity (Wildman–Crippen MR) is 61.0 cm³/mol. The smallest absolute Gasteiger partial charge is 0.0173 e. The van der Waals surface area contributed by atoms with Gasteiger partial charge >= 0.3 is 0 Å².